The molecule has 0 aliphatic rings. The Hall–Kier alpha value is -3.11. The lowest BCUT2D eigenvalue weighted by atomic mass is 10.1. The summed E-state index contributed by atoms with van der Waals surface area (Å²) in [5, 5.41) is 17.9. The Morgan fingerprint density at radius 3 is 2.55 bits per heavy atom. The number of alkyl halides is 3. The number of ether oxygens (including phenoxy) is 1. The molecule has 0 fully saturated rings. The van der Waals surface area contributed by atoms with Crippen molar-refractivity contribution in [2.45, 2.75) is 51.7 Å². The van der Waals surface area contributed by atoms with E-state index in [0.717, 1.165) is 17.7 Å². The summed E-state index contributed by atoms with van der Waals surface area (Å²) in [5.74, 6) is -1.10. The van der Waals surface area contributed by atoms with Crippen molar-refractivity contribution in [1.82, 2.24) is 3.96 Å². The van der Waals surface area contributed by atoms with Gasteiger partial charge in [-0.1, -0.05) is 0 Å². The lowest BCUT2D eigenvalue weighted by Crippen LogP contribution is -2.20. The minimum absolute atomic E-state index is 0.100. The van der Waals surface area contributed by atoms with Gasteiger partial charge >= 0.3 is 6.18 Å². The molecule has 0 atom stereocenters. The van der Waals surface area contributed by atoms with Gasteiger partial charge in [0.2, 0.25) is 0 Å². The molecule has 0 spiro atoms. The lowest BCUT2D eigenvalue weighted by molar-refractivity contribution is -0.153. The fourth-order valence-electron chi connectivity index (χ4n) is 2.53. The summed E-state index contributed by atoms with van der Waals surface area (Å²) in [6.07, 6.45) is -1.27. The Morgan fingerprint density at radius 1 is 1.26 bits per heavy atom. The number of carbonyl (C=O) groups excluding carboxylic acids is 1. The smallest absolute Gasteiger partial charge is 0.422 e. The van der Waals surface area contributed by atoms with E-state index in [2.05, 4.69) is 11.1 Å². The van der Waals surface area contributed by atoms with Gasteiger partial charge in [-0.05, 0) is 63.3 Å². The van der Waals surface area contributed by atoms with E-state index in [4.69, 9.17) is 15.3 Å². The first kappa shape index (κ1) is 24.2. The van der Waals surface area contributed by atoms with Crippen molar-refractivity contribution in [3.8, 4) is 17.9 Å². The van der Waals surface area contributed by atoms with Crippen LogP contribution in [0, 0.1) is 22.7 Å². The van der Waals surface area contributed by atoms with Gasteiger partial charge in [0, 0.05) is 23.7 Å². The standard InChI is InChI=1S/C21H21F3N4O2S/c1-20(2,3)28-12-15(6-4-5-9-25)19(31-28)27-18(29)16-10-14(11-26)7-8-17(16)30-13-21(22,23)24/h7-8,10,12H,4-6,13H2,1-3H3. The van der Waals surface area contributed by atoms with Crippen molar-refractivity contribution in [2.24, 2.45) is 4.99 Å². The fourth-order valence-corrected chi connectivity index (χ4v) is 3.57. The van der Waals surface area contributed by atoms with E-state index in [-0.39, 0.29) is 22.4 Å². The minimum atomic E-state index is -4.58. The highest BCUT2D eigenvalue weighted by atomic mass is 32.1. The Morgan fingerprint density at radius 2 is 1.97 bits per heavy atom. The van der Waals surface area contributed by atoms with E-state index in [1.165, 1.54) is 17.6 Å². The number of aryl methyl sites for hydroxylation is 1. The van der Waals surface area contributed by atoms with Crippen LogP contribution in [0.25, 0.3) is 0 Å². The molecule has 0 unspecified atom stereocenters. The number of rotatable bonds is 6. The maximum atomic E-state index is 12.9. The summed E-state index contributed by atoms with van der Waals surface area (Å²) in [5.41, 5.74) is 0.371. The molecule has 10 heteroatoms. The predicted octanol–water partition coefficient (Wildman–Crippen LogP) is 4.70. The third kappa shape index (κ3) is 6.97. The Kier molecular flexibility index (Phi) is 7.64. The third-order valence-corrected chi connectivity index (χ3v) is 5.44. The Labute approximate surface area is 182 Å². The van der Waals surface area contributed by atoms with Crippen LogP contribution >= 0.6 is 11.5 Å². The maximum absolute atomic E-state index is 12.9. The first-order valence-electron chi connectivity index (χ1n) is 9.36. The molecule has 6 nitrogen and oxygen atoms in total. The Bertz CT molecular complexity index is 1100. The Balaban J connectivity index is 2.50. The van der Waals surface area contributed by atoms with Gasteiger partial charge in [0.15, 0.2) is 6.61 Å². The number of hydrogen-bond acceptors (Lipinski definition) is 5. The molecule has 164 valence electrons. The molecule has 1 aromatic heterocycles. The number of nitrogens with zero attached hydrogens (tertiary/aromatic N) is 4. The number of amides is 1. The quantitative estimate of drug-likeness (QED) is 0.596. The van der Waals surface area contributed by atoms with Crippen molar-refractivity contribution < 1.29 is 22.7 Å². The minimum Gasteiger partial charge on any atom is -0.483 e. The van der Waals surface area contributed by atoms with Gasteiger partial charge in [-0.3, -0.25) is 8.75 Å². The highest BCUT2D eigenvalue weighted by molar-refractivity contribution is 7.04. The van der Waals surface area contributed by atoms with Crippen molar-refractivity contribution in [3.05, 3.63) is 45.8 Å². The van der Waals surface area contributed by atoms with Crippen LogP contribution in [-0.2, 0) is 12.0 Å². The first-order valence-corrected chi connectivity index (χ1v) is 10.1. The van der Waals surface area contributed by atoms with E-state index < -0.39 is 18.7 Å². The van der Waals surface area contributed by atoms with E-state index in [1.54, 1.807) is 0 Å². The fraction of sp³-hybridized carbons (Fsp3) is 0.429. The van der Waals surface area contributed by atoms with Crippen molar-refractivity contribution in [2.75, 3.05) is 6.61 Å². The average molecular weight is 450 g/mol. The van der Waals surface area contributed by atoms with Gasteiger partial charge in [-0.25, -0.2) is 0 Å². The predicted molar refractivity (Wildman–Crippen MR) is 108 cm³/mol. The zero-order chi connectivity index (χ0) is 23.2. The van der Waals surface area contributed by atoms with Crippen LogP contribution in [0.3, 0.4) is 0 Å². The van der Waals surface area contributed by atoms with Gasteiger partial charge in [0.05, 0.1) is 23.3 Å². The summed E-state index contributed by atoms with van der Waals surface area (Å²) in [4.78, 5) is 17.0. The normalized spacial score (nSPS) is 12.3. The molecule has 0 aliphatic heterocycles. The van der Waals surface area contributed by atoms with Crippen LogP contribution in [0.15, 0.2) is 29.4 Å². The molecule has 0 bridgehead atoms. The van der Waals surface area contributed by atoms with Crippen LogP contribution in [-0.4, -0.2) is 22.6 Å². The SMILES string of the molecule is CC(C)(C)n1cc(CCCC#N)c(=NC(=O)c2cc(C#N)ccc2OCC(F)(F)F)s1. The molecule has 0 saturated heterocycles. The molecular formula is C21H21F3N4O2S. The van der Waals surface area contributed by atoms with Crippen LogP contribution in [0.2, 0.25) is 0 Å². The lowest BCUT2D eigenvalue weighted by Gasteiger charge is -2.19. The second-order valence-electron chi connectivity index (χ2n) is 7.70. The van der Waals surface area contributed by atoms with Crippen LogP contribution in [0.1, 0.15) is 55.1 Å². The molecule has 0 N–H and O–H groups in total. The second kappa shape index (κ2) is 9.80. The largest absolute Gasteiger partial charge is 0.483 e. The van der Waals surface area contributed by atoms with E-state index >= 15 is 0 Å². The molecule has 0 saturated carbocycles. The maximum Gasteiger partial charge on any atom is 0.422 e. The summed E-state index contributed by atoms with van der Waals surface area (Å²) < 4.78 is 44.8. The van der Waals surface area contributed by atoms with Gasteiger partial charge in [0.1, 0.15) is 10.4 Å². The first-order chi connectivity index (χ1) is 14.4. The zero-order valence-corrected chi connectivity index (χ0v) is 18.1. The number of hydrogen-bond donors (Lipinski definition) is 0. The van der Waals surface area contributed by atoms with Gasteiger partial charge < -0.3 is 4.74 Å². The van der Waals surface area contributed by atoms with Crippen molar-refractivity contribution >= 4 is 17.4 Å². The molecule has 0 radical (unpaired) electrons. The van der Waals surface area contributed by atoms with Gasteiger partial charge in [-0.2, -0.15) is 28.7 Å². The van der Waals surface area contributed by atoms with Crippen LogP contribution < -0.4 is 9.41 Å². The summed E-state index contributed by atoms with van der Waals surface area (Å²) in [6, 6.07) is 7.51. The molecule has 1 heterocycles. The van der Waals surface area contributed by atoms with Crippen LogP contribution in [0.4, 0.5) is 13.2 Å². The second-order valence-corrected chi connectivity index (χ2v) is 8.67. The van der Waals surface area contributed by atoms with Crippen molar-refractivity contribution in [3.63, 3.8) is 0 Å². The molecule has 1 amide bonds. The summed E-state index contributed by atoms with van der Waals surface area (Å²) in [7, 11) is 0. The number of nitriles is 2. The highest BCUT2D eigenvalue weighted by Gasteiger charge is 2.29. The van der Waals surface area contributed by atoms with E-state index in [0.29, 0.717) is 23.9 Å². The topological polar surface area (TPSA) is 91.2 Å². The highest BCUT2D eigenvalue weighted by Crippen LogP contribution is 2.25. The number of carbonyl (C=O) groups is 1. The molecule has 2 rings (SSSR count). The van der Waals surface area contributed by atoms with Crippen molar-refractivity contribution in [1.29, 1.82) is 10.5 Å². The summed E-state index contributed by atoms with van der Waals surface area (Å²) in [6.45, 7) is 4.37. The number of halogens is 3. The summed E-state index contributed by atoms with van der Waals surface area (Å²) >= 11 is 1.24. The number of aromatic nitrogens is 1. The average Bonchev–Trinajstić information content (AvgIpc) is 3.09. The molecule has 0 aliphatic carbocycles. The molecule has 31 heavy (non-hydrogen) atoms. The van der Waals surface area contributed by atoms with Gasteiger partial charge in [-0.15, -0.1) is 0 Å². The number of benzene rings is 1. The molecule has 1 aromatic carbocycles. The number of unbranched alkanes of at least 4 members (excludes halogenated alkanes) is 1. The van der Waals surface area contributed by atoms with Gasteiger partial charge in [0.25, 0.3) is 5.91 Å². The third-order valence-electron chi connectivity index (χ3n) is 4.06. The van der Waals surface area contributed by atoms with E-state index in [1.807, 2.05) is 37.0 Å². The van der Waals surface area contributed by atoms with Crippen LogP contribution in [0.5, 0.6) is 5.75 Å². The zero-order valence-electron chi connectivity index (χ0n) is 17.3. The molecule has 2 aromatic rings. The monoisotopic (exact) mass is 450 g/mol. The molecular weight excluding hydrogens is 429 g/mol. The van der Waals surface area contributed by atoms with E-state index in [9.17, 15) is 18.0 Å².